The highest BCUT2D eigenvalue weighted by Crippen LogP contribution is 2.24. The van der Waals surface area contributed by atoms with Gasteiger partial charge in [0.25, 0.3) is 0 Å². The van der Waals surface area contributed by atoms with E-state index in [4.69, 9.17) is 0 Å². The van der Waals surface area contributed by atoms with Crippen molar-refractivity contribution in [2.24, 2.45) is 7.05 Å². The molecule has 1 aromatic carbocycles. The van der Waals surface area contributed by atoms with Gasteiger partial charge in [0.1, 0.15) is 5.82 Å². The fraction of sp³-hybridized carbons (Fsp3) is 0.400. The summed E-state index contributed by atoms with van der Waals surface area (Å²) in [5.74, 6) is 1.14. The average Bonchev–Trinajstić information content (AvgIpc) is 2.62. The molecule has 3 nitrogen and oxygen atoms in total. The molecule has 2 aromatic rings. The van der Waals surface area contributed by atoms with Crippen LogP contribution in [0.2, 0.25) is 0 Å². The van der Waals surface area contributed by atoms with E-state index >= 15 is 0 Å². The van der Waals surface area contributed by atoms with Crippen LogP contribution in [0.5, 0.6) is 0 Å². The number of nitrogens with zero attached hydrogens (tertiary/aromatic N) is 2. The Bertz CT molecular complexity index is 541. The quantitative estimate of drug-likeness (QED) is 0.894. The highest BCUT2D eigenvalue weighted by atomic mass is 15.1. The number of hydrogen-bond acceptors (Lipinski definition) is 2. The monoisotopic (exact) mass is 243 g/mol. The van der Waals surface area contributed by atoms with Gasteiger partial charge in [0.2, 0.25) is 0 Å². The molecule has 0 spiro atoms. The third-order valence-corrected chi connectivity index (χ3v) is 3.25. The van der Waals surface area contributed by atoms with Crippen LogP contribution in [0.25, 0.3) is 11.3 Å². The van der Waals surface area contributed by atoms with Crippen LogP contribution in [0.4, 0.5) is 0 Å². The third-order valence-electron chi connectivity index (χ3n) is 3.25. The van der Waals surface area contributed by atoms with Gasteiger partial charge in [-0.1, -0.05) is 23.8 Å². The summed E-state index contributed by atoms with van der Waals surface area (Å²) in [7, 11) is 4.07. The standard InChI is InChI=1S/C15H21N3/c1-11-6-5-7-13(10-11)15-12(2)17-14(18(15)4)8-9-16-3/h5-7,10,16H,8-9H2,1-4H3. The van der Waals surface area contributed by atoms with Crippen LogP contribution in [-0.4, -0.2) is 23.1 Å². The van der Waals surface area contributed by atoms with E-state index in [0.29, 0.717) is 0 Å². The molecule has 96 valence electrons. The van der Waals surface area contributed by atoms with Gasteiger partial charge in [0.05, 0.1) is 11.4 Å². The lowest BCUT2D eigenvalue weighted by Crippen LogP contribution is -2.13. The van der Waals surface area contributed by atoms with Crippen LogP contribution in [0.3, 0.4) is 0 Å². The van der Waals surface area contributed by atoms with Crippen LogP contribution in [0.1, 0.15) is 17.1 Å². The second-order valence-electron chi connectivity index (χ2n) is 4.74. The van der Waals surface area contributed by atoms with E-state index in [9.17, 15) is 0 Å². The van der Waals surface area contributed by atoms with Crippen LogP contribution in [0.15, 0.2) is 24.3 Å². The number of nitrogens with one attached hydrogen (secondary N) is 1. The summed E-state index contributed by atoms with van der Waals surface area (Å²) >= 11 is 0. The number of likely N-dealkylation sites (N-methyl/N-ethyl adjacent to an activating group) is 1. The lowest BCUT2D eigenvalue weighted by atomic mass is 10.1. The number of aryl methyl sites for hydroxylation is 2. The molecule has 0 aliphatic heterocycles. The predicted molar refractivity (Wildman–Crippen MR) is 75.7 cm³/mol. The van der Waals surface area contributed by atoms with E-state index in [-0.39, 0.29) is 0 Å². The largest absolute Gasteiger partial charge is 0.331 e. The van der Waals surface area contributed by atoms with E-state index in [1.165, 1.54) is 16.8 Å². The Balaban J connectivity index is 2.42. The van der Waals surface area contributed by atoms with Gasteiger partial charge in [-0.3, -0.25) is 0 Å². The fourth-order valence-corrected chi connectivity index (χ4v) is 2.35. The lowest BCUT2D eigenvalue weighted by molar-refractivity contribution is 0.720. The summed E-state index contributed by atoms with van der Waals surface area (Å²) in [5.41, 5.74) is 4.86. The van der Waals surface area contributed by atoms with Crippen molar-refractivity contribution >= 4 is 0 Å². The molecule has 0 aliphatic carbocycles. The summed E-state index contributed by atoms with van der Waals surface area (Å²) in [6.45, 7) is 5.16. The van der Waals surface area contributed by atoms with Gasteiger partial charge in [-0.2, -0.15) is 0 Å². The molecule has 0 bridgehead atoms. The highest BCUT2D eigenvalue weighted by Gasteiger charge is 2.12. The van der Waals surface area contributed by atoms with Gasteiger partial charge in [0, 0.05) is 25.6 Å². The number of benzene rings is 1. The van der Waals surface area contributed by atoms with E-state index in [0.717, 1.165) is 24.5 Å². The summed E-state index contributed by atoms with van der Waals surface area (Å²) in [5, 5.41) is 3.17. The number of rotatable bonds is 4. The first-order chi connectivity index (χ1) is 8.63. The van der Waals surface area contributed by atoms with Crippen molar-refractivity contribution in [1.82, 2.24) is 14.9 Å². The Kier molecular flexibility index (Phi) is 3.82. The fourth-order valence-electron chi connectivity index (χ4n) is 2.35. The number of imidazole rings is 1. The minimum Gasteiger partial charge on any atom is -0.331 e. The predicted octanol–water partition coefficient (Wildman–Crippen LogP) is 2.47. The molecule has 0 fully saturated rings. The summed E-state index contributed by atoms with van der Waals surface area (Å²) in [6.07, 6.45) is 0.958. The molecular formula is C15H21N3. The van der Waals surface area contributed by atoms with Crippen LogP contribution in [0, 0.1) is 13.8 Å². The zero-order valence-corrected chi connectivity index (χ0v) is 11.6. The Morgan fingerprint density at radius 1 is 1.28 bits per heavy atom. The minimum absolute atomic E-state index is 0.956. The summed E-state index contributed by atoms with van der Waals surface area (Å²) in [6, 6.07) is 8.59. The molecule has 2 rings (SSSR count). The number of hydrogen-bond donors (Lipinski definition) is 1. The molecule has 0 radical (unpaired) electrons. The van der Waals surface area contributed by atoms with Gasteiger partial charge < -0.3 is 9.88 Å². The first kappa shape index (κ1) is 12.8. The Morgan fingerprint density at radius 3 is 2.72 bits per heavy atom. The Labute approximate surface area is 109 Å². The summed E-state index contributed by atoms with van der Waals surface area (Å²) < 4.78 is 2.21. The van der Waals surface area contributed by atoms with Crippen molar-refractivity contribution < 1.29 is 0 Å². The molecule has 0 unspecified atom stereocenters. The van der Waals surface area contributed by atoms with Crippen molar-refractivity contribution in [3.8, 4) is 11.3 Å². The van der Waals surface area contributed by atoms with E-state index in [1.54, 1.807) is 0 Å². The molecule has 0 saturated carbocycles. The third kappa shape index (κ3) is 2.46. The molecule has 1 aromatic heterocycles. The van der Waals surface area contributed by atoms with Crippen LogP contribution >= 0.6 is 0 Å². The van der Waals surface area contributed by atoms with E-state index < -0.39 is 0 Å². The molecule has 3 heteroatoms. The molecule has 0 saturated heterocycles. The molecule has 0 atom stereocenters. The van der Waals surface area contributed by atoms with Crippen molar-refractivity contribution in [2.75, 3.05) is 13.6 Å². The highest BCUT2D eigenvalue weighted by molar-refractivity contribution is 5.63. The van der Waals surface area contributed by atoms with Crippen LogP contribution in [-0.2, 0) is 13.5 Å². The molecule has 1 heterocycles. The van der Waals surface area contributed by atoms with E-state index in [1.807, 2.05) is 7.05 Å². The molecule has 0 amide bonds. The van der Waals surface area contributed by atoms with Gasteiger partial charge in [0.15, 0.2) is 0 Å². The van der Waals surface area contributed by atoms with Gasteiger partial charge >= 0.3 is 0 Å². The maximum Gasteiger partial charge on any atom is 0.110 e. The maximum absolute atomic E-state index is 4.68. The SMILES string of the molecule is CNCCc1nc(C)c(-c2cccc(C)c2)n1C. The second kappa shape index (κ2) is 5.36. The normalized spacial score (nSPS) is 10.9. The van der Waals surface area contributed by atoms with Crippen molar-refractivity contribution in [3.63, 3.8) is 0 Å². The van der Waals surface area contributed by atoms with E-state index in [2.05, 4.69) is 60.0 Å². The first-order valence-electron chi connectivity index (χ1n) is 6.37. The molecule has 1 N–H and O–H groups in total. The van der Waals surface area contributed by atoms with Crippen molar-refractivity contribution in [3.05, 3.63) is 41.3 Å². The Hall–Kier alpha value is -1.61. The lowest BCUT2D eigenvalue weighted by Gasteiger charge is -2.07. The van der Waals surface area contributed by atoms with Gasteiger partial charge in [-0.15, -0.1) is 0 Å². The minimum atomic E-state index is 0.956. The molecule has 18 heavy (non-hydrogen) atoms. The smallest absolute Gasteiger partial charge is 0.110 e. The second-order valence-corrected chi connectivity index (χ2v) is 4.74. The molecular weight excluding hydrogens is 222 g/mol. The first-order valence-corrected chi connectivity index (χ1v) is 6.37. The zero-order valence-electron chi connectivity index (χ0n) is 11.6. The average molecular weight is 243 g/mol. The van der Waals surface area contributed by atoms with Gasteiger partial charge in [-0.25, -0.2) is 4.98 Å². The van der Waals surface area contributed by atoms with Crippen molar-refractivity contribution in [1.29, 1.82) is 0 Å². The number of aromatic nitrogens is 2. The Morgan fingerprint density at radius 2 is 2.06 bits per heavy atom. The topological polar surface area (TPSA) is 29.9 Å². The van der Waals surface area contributed by atoms with Crippen molar-refractivity contribution in [2.45, 2.75) is 20.3 Å². The summed E-state index contributed by atoms with van der Waals surface area (Å²) in [4.78, 5) is 4.68. The van der Waals surface area contributed by atoms with Gasteiger partial charge in [-0.05, 0) is 27.0 Å². The maximum atomic E-state index is 4.68. The van der Waals surface area contributed by atoms with Crippen LogP contribution < -0.4 is 5.32 Å². The molecule has 0 aliphatic rings. The zero-order chi connectivity index (χ0) is 13.1.